The quantitative estimate of drug-likeness (QED) is 0.746. The van der Waals surface area contributed by atoms with Crippen molar-refractivity contribution in [1.29, 1.82) is 0 Å². The molecule has 2 rings (SSSR count). The summed E-state index contributed by atoms with van der Waals surface area (Å²) in [5.74, 6) is 0. The van der Waals surface area contributed by atoms with Gasteiger partial charge in [0.15, 0.2) is 0 Å². The van der Waals surface area contributed by atoms with Crippen molar-refractivity contribution in [3.05, 3.63) is 63.6 Å². The Labute approximate surface area is 142 Å². The van der Waals surface area contributed by atoms with Crippen LogP contribution in [0.1, 0.15) is 11.1 Å². The van der Waals surface area contributed by atoms with Crippen LogP contribution in [-0.2, 0) is 21.9 Å². The number of nitrogens with one attached hydrogen (secondary N) is 1. The third kappa shape index (κ3) is 4.44. The maximum absolute atomic E-state index is 12.2. The molecule has 0 aliphatic heterocycles. The molecular formula is C14H12BrCl2NO2S. The summed E-state index contributed by atoms with van der Waals surface area (Å²) >= 11 is 15.0. The van der Waals surface area contributed by atoms with Crippen LogP contribution in [0, 0.1) is 0 Å². The maximum Gasteiger partial charge on any atom is 0.240 e. The highest BCUT2D eigenvalue weighted by atomic mass is 79.9. The van der Waals surface area contributed by atoms with Gasteiger partial charge in [0.05, 0.1) is 14.9 Å². The number of hydrogen-bond acceptors (Lipinski definition) is 2. The average Bonchev–Trinajstić information content (AvgIpc) is 2.48. The second-order valence-corrected chi connectivity index (χ2v) is 7.50. The van der Waals surface area contributed by atoms with Crippen LogP contribution in [0.2, 0.25) is 10.0 Å². The standard InChI is InChI=1S/C14H12BrCl2NO2S/c15-8-10-2-1-3-11(6-10)9-18-21(19,20)12-4-5-13(16)14(17)7-12/h1-7,18H,8-9H2. The molecule has 7 heteroatoms. The van der Waals surface area contributed by atoms with E-state index in [4.69, 9.17) is 23.2 Å². The zero-order chi connectivity index (χ0) is 15.5. The summed E-state index contributed by atoms with van der Waals surface area (Å²) in [5, 5.41) is 1.25. The van der Waals surface area contributed by atoms with Crippen molar-refractivity contribution in [1.82, 2.24) is 4.72 Å². The molecule has 1 N–H and O–H groups in total. The zero-order valence-corrected chi connectivity index (χ0v) is 14.7. The molecule has 0 saturated carbocycles. The van der Waals surface area contributed by atoms with E-state index < -0.39 is 10.0 Å². The minimum Gasteiger partial charge on any atom is -0.207 e. The van der Waals surface area contributed by atoms with Gasteiger partial charge in [0.1, 0.15) is 0 Å². The SMILES string of the molecule is O=S(=O)(NCc1cccc(CBr)c1)c1ccc(Cl)c(Cl)c1. The van der Waals surface area contributed by atoms with Gasteiger partial charge >= 0.3 is 0 Å². The summed E-state index contributed by atoms with van der Waals surface area (Å²) in [5.41, 5.74) is 1.97. The van der Waals surface area contributed by atoms with E-state index in [2.05, 4.69) is 20.7 Å². The van der Waals surface area contributed by atoms with Gasteiger partial charge in [-0.3, -0.25) is 0 Å². The molecule has 21 heavy (non-hydrogen) atoms. The van der Waals surface area contributed by atoms with Crippen LogP contribution in [0.4, 0.5) is 0 Å². The van der Waals surface area contributed by atoms with E-state index in [1.54, 1.807) is 0 Å². The van der Waals surface area contributed by atoms with E-state index in [1.165, 1.54) is 18.2 Å². The van der Waals surface area contributed by atoms with Crippen LogP contribution < -0.4 is 4.72 Å². The van der Waals surface area contributed by atoms with Gasteiger partial charge in [-0.2, -0.15) is 0 Å². The molecule has 0 atom stereocenters. The van der Waals surface area contributed by atoms with Gasteiger partial charge in [-0.25, -0.2) is 13.1 Å². The van der Waals surface area contributed by atoms with Crippen LogP contribution in [-0.4, -0.2) is 8.42 Å². The minimum absolute atomic E-state index is 0.0912. The van der Waals surface area contributed by atoms with Crippen molar-refractivity contribution in [2.75, 3.05) is 0 Å². The Hall–Kier alpha value is -0.590. The highest BCUT2D eigenvalue weighted by Crippen LogP contribution is 2.24. The van der Waals surface area contributed by atoms with E-state index in [0.29, 0.717) is 5.02 Å². The molecule has 0 aromatic heterocycles. The molecule has 0 spiro atoms. The van der Waals surface area contributed by atoms with E-state index in [-0.39, 0.29) is 16.5 Å². The molecule has 0 aliphatic carbocycles. The van der Waals surface area contributed by atoms with Crippen LogP contribution in [0.25, 0.3) is 0 Å². The monoisotopic (exact) mass is 407 g/mol. The summed E-state index contributed by atoms with van der Waals surface area (Å²) < 4.78 is 26.9. The zero-order valence-electron chi connectivity index (χ0n) is 10.8. The summed E-state index contributed by atoms with van der Waals surface area (Å²) in [4.78, 5) is 0.0912. The summed E-state index contributed by atoms with van der Waals surface area (Å²) in [6.07, 6.45) is 0. The number of rotatable bonds is 5. The molecule has 112 valence electrons. The lowest BCUT2D eigenvalue weighted by Crippen LogP contribution is -2.23. The van der Waals surface area contributed by atoms with Gasteiger partial charge in [-0.05, 0) is 29.3 Å². The second-order valence-electron chi connectivity index (χ2n) is 4.35. The predicted molar refractivity (Wildman–Crippen MR) is 89.6 cm³/mol. The Bertz CT molecular complexity index is 750. The van der Waals surface area contributed by atoms with Crippen LogP contribution in [0.5, 0.6) is 0 Å². The number of alkyl halides is 1. The predicted octanol–water partition coefficient (Wildman–Crippen LogP) is 4.37. The fraction of sp³-hybridized carbons (Fsp3) is 0.143. The number of sulfonamides is 1. The van der Waals surface area contributed by atoms with E-state index in [9.17, 15) is 8.42 Å². The largest absolute Gasteiger partial charge is 0.240 e. The normalized spacial score (nSPS) is 11.6. The topological polar surface area (TPSA) is 46.2 Å². The first-order valence-electron chi connectivity index (χ1n) is 6.01. The lowest BCUT2D eigenvalue weighted by molar-refractivity contribution is 0.581. The molecule has 3 nitrogen and oxygen atoms in total. The summed E-state index contributed by atoms with van der Waals surface area (Å²) in [6, 6.07) is 11.9. The first kappa shape index (κ1) is 16.8. The molecular weight excluding hydrogens is 397 g/mol. The fourth-order valence-corrected chi connectivity index (χ4v) is 3.48. The van der Waals surface area contributed by atoms with Gasteiger partial charge in [0.25, 0.3) is 0 Å². The number of halogens is 3. The molecule has 2 aromatic carbocycles. The number of hydrogen-bond donors (Lipinski definition) is 1. The van der Waals surface area contributed by atoms with Crippen LogP contribution >= 0.6 is 39.1 Å². The fourth-order valence-electron chi connectivity index (χ4n) is 1.73. The molecule has 0 amide bonds. The average molecular weight is 409 g/mol. The molecule has 0 aliphatic rings. The smallest absolute Gasteiger partial charge is 0.207 e. The van der Waals surface area contributed by atoms with Gasteiger partial charge in [0, 0.05) is 11.9 Å². The van der Waals surface area contributed by atoms with Gasteiger partial charge < -0.3 is 0 Å². The minimum atomic E-state index is -3.62. The lowest BCUT2D eigenvalue weighted by atomic mass is 10.1. The van der Waals surface area contributed by atoms with Crippen LogP contribution in [0.15, 0.2) is 47.4 Å². The molecule has 0 saturated heterocycles. The molecule has 0 fully saturated rings. The van der Waals surface area contributed by atoms with Crippen LogP contribution in [0.3, 0.4) is 0 Å². The van der Waals surface area contributed by atoms with E-state index in [1.807, 2.05) is 24.3 Å². The Balaban J connectivity index is 2.15. The van der Waals surface area contributed by atoms with E-state index >= 15 is 0 Å². The molecule has 0 bridgehead atoms. The van der Waals surface area contributed by atoms with Crippen molar-refractivity contribution < 1.29 is 8.42 Å². The van der Waals surface area contributed by atoms with Crippen molar-refractivity contribution >= 4 is 49.2 Å². The Morgan fingerprint density at radius 1 is 1.00 bits per heavy atom. The maximum atomic E-state index is 12.2. The van der Waals surface area contributed by atoms with Gasteiger partial charge in [-0.1, -0.05) is 63.4 Å². The lowest BCUT2D eigenvalue weighted by Gasteiger charge is -2.08. The molecule has 0 heterocycles. The Morgan fingerprint density at radius 3 is 2.38 bits per heavy atom. The Kier molecular flexibility index (Phi) is 5.68. The highest BCUT2D eigenvalue weighted by molar-refractivity contribution is 9.08. The van der Waals surface area contributed by atoms with Crippen molar-refractivity contribution in [2.45, 2.75) is 16.8 Å². The van der Waals surface area contributed by atoms with Crippen molar-refractivity contribution in [3.63, 3.8) is 0 Å². The van der Waals surface area contributed by atoms with Crippen molar-refractivity contribution in [2.24, 2.45) is 0 Å². The van der Waals surface area contributed by atoms with Gasteiger partial charge in [-0.15, -0.1) is 0 Å². The highest BCUT2D eigenvalue weighted by Gasteiger charge is 2.15. The summed E-state index contributed by atoms with van der Waals surface area (Å²) in [7, 11) is -3.62. The molecule has 2 aromatic rings. The third-order valence-corrected chi connectivity index (χ3v) is 5.60. The van der Waals surface area contributed by atoms with Gasteiger partial charge in [0.2, 0.25) is 10.0 Å². The van der Waals surface area contributed by atoms with Crippen molar-refractivity contribution in [3.8, 4) is 0 Å². The van der Waals surface area contributed by atoms with E-state index in [0.717, 1.165) is 16.5 Å². The summed E-state index contributed by atoms with van der Waals surface area (Å²) in [6.45, 7) is 0.212. The molecule has 0 radical (unpaired) electrons. The first-order valence-corrected chi connectivity index (χ1v) is 9.37. The second kappa shape index (κ2) is 7.11. The Morgan fingerprint density at radius 2 is 1.71 bits per heavy atom. The third-order valence-electron chi connectivity index (χ3n) is 2.81. The first-order chi connectivity index (χ1) is 9.92. The molecule has 0 unspecified atom stereocenters. The number of benzene rings is 2.